The Hall–Kier alpha value is -2.28. The van der Waals surface area contributed by atoms with Crippen LogP contribution in [-0.2, 0) is 9.53 Å². The standard InChI is InChI=1S/C14H20N2O5/c1-20-7-3-4-12(14(18)19)16-13(17)10-6-5-9(21-2)8-11(10)15/h5-6,8,12H,3-4,7,15H2,1-2H3,(H,16,17)(H,18,19). The second-order valence-electron chi connectivity index (χ2n) is 4.45. The van der Waals surface area contributed by atoms with Gasteiger partial charge >= 0.3 is 5.97 Å². The second-order valence-corrected chi connectivity index (χ2v) is 4.45. The zero-order chi connectivity index (χ0) is 15.8. The average Bonchev–Trinajstić information content (AvgIpc) is 2.45. The predicted molar refractivity (Wildman–Crippen MR) is 77.4 cm³/mol. The van der Waals surface area contributed by atoms with Gasteiger partial charge in [0, 0.05) is 25.5 Å². The van der Waals surface area contributed by atoms with Gasteiger partial charge in [0.1, 0.15) is 11.8 Å². The highest BCUT2D eigenvalue weighted by molar-refractivity contribution is 6.01. The van der Waals surface area contributed by atoms with Gasteiger partial charge in [-0.25, -0.2) is 4.79 Å². The first-order valence-corrected chi connectivity index (χ1v) is 6.45. The zero-order valence-corrected chi connectivity index (χ0v) is 12.1. The number of methoxy groups -OCH3 is 2. The smallest absolute Gasteiger partial charge is 0.326 e. The number of nitrogen functional groups attached to an aromatic ring is 1. The number of rotatable bonds is 8. The number of hydrogen-bond donors (Lipinski definition) is 3. The van der Waals surface area contributed by atoms with Gasteiger partial charge in [-0.15, -0.1) is 0 Å². The van der Waals surface area contributed by atoms with E-state index in [-0.39, 0.29) is 17.7 Å². The minimum atomic E-state index is -1.09. The molecule has 116 valence electrons. The molecule has 0 aromatic heterocycles. The lowest BCUT2D eigenvalue weighted by Crippen LogP contribution is -2.41. The van der Waals surface area contributed by atoms with E-state index in [9.17, 15) is 9.59 Å². The summed E-state index contributed by atoms with van der Waals surface area (Å²) in [5, 5.41) is 11.6. The minimum Gasteiger partial charge on any atom is -0.497 e. The van der Waals surface area contributed by atoms with Gasteiger partial charge in [-0.05, 0) is 25.0 Å². The summed E-state index contributed by atoms with van der Waals surface area (Å²) in [7, 11) is 3.02. The minimum absolute atomic E-state index is 0.216. The Morgan fingerprint density at radius 3 is 2.62 bits per heavy atom. The molecule has 21 heavy (non-hydrogen) atoms. The van der Waals surface area contributed by atoms with Gasteiger partial charge in [0.2, 0.25) is 0 Å². The summed E-state index contributed by atoms with van der Waals surface area (Å²) >= 11 is 0. The van der Waals surface area contributed by atoms with Crippen molar-refractivity contribution in [3.63, 3.8) is 0 Å². The molecule has 7 nitrogen and oxygen atoms in total. The van der Waals surface area contributed by atoms with Crippen molar-refractivity contribution in [1.29, 1.82) is 0 Å². The third kappa shape index (κ3) is 4.96. The number of carboxylic acid groups (broad SMARTS) is 1. The number of anilines is 1. The van der Waals surface area contributed by atoms with Crippen LogP contribution in [0.25, 0.3) is 0 Å². The van der Waals surface area contributed by atoms with Crippen LogP contribution in [0.1, 0.15) is 23.2 Å². The highest BCUT2D eigenvalue weighted by Gasteiger charge is 2.21. The van der Waals surface area contributed by atoms with E-state index in [1.54, 1.807) is 6.07 Å². The molecule has 1 aromatic rings. The molecule has 0 bridgehead atoms. The van der Waals surface area contributed by atoms with Crippen molar-refractivity contribution < 1.29 is 24.2 Å². The van der Waals surface area contributed by atoms with Crippen molar-refractivity contribution in [1.82, 2.24) is 5.32 Å². The molecule has 1 unspecified atom stereocenters. The molecule has 4 N–H and O–H groups in total. The van der Waals surface area contributed by atoms with E-state index in [0.717, 1.165) is 0 Å². The van der Waals surface area contributed by atoms with Crippen LogP contribution in [0, 0.1) is 0 Å². The Labute approximate surface area is 123 Å². The lowest BCUT2D eigenvalue weighted by Gasteiger charge is -2.15. The number of nitrogens with one attached hydrogen (secondary N) is 1. The molecular weight excluding hydrogens is 276 g/mol. The molecule has 0 spiro atoms. The van der Waals surface area contributed by atoms with Gasteiger partial charge in [-0.2, -0.15) is 0 Å². The summed E-state index contributed by atoms with van der Waals surface area (Å²) in [5.41, 5.74) is 6.21. The summed E-state index contributed by atoms with van der Waals surface area (Å²) in [6, 6.07) is 3.62. The fourth-order valence-electron chi connectivity index (χ4n) is 1.80. The van der Waals surface area contributed by atoms with Crippen LogP contribution in [0.5, 0.6) is 5.75 Å². The van der Waals surface area contributed by atoms with Crippen LogP contribution in [0.15, 0.2) is 18.2 Å². The lowest BCUT2D eigenvalue weighted by molar-refractivity contribution is -0.139. The molecule has 1 aromatic carbocycles. The summed E-state index contributed by atoms with van der Waals surface area (Å²) < 4.78 is 9.86. The summed E-state index contributed by atoms with van der Waals surface area (Å²) in [5.74, 6) is -1.09. The average molecular weight is 296 g/mol. The van der Waals surface area contributed by atoms with E-state index < -0.39 is 17.9 Å². The van der Waals surface area contributed by atoms with E-state index in [4.69, 9.17) is 20.3 Å². The summed E-state index contributed by atoms with van der Waals surface area (Å²) in [6.45, 7) is 0.435. The number of carbonyl (C=O) groups excluding carboxylic acids is 1. The molecule has 1 atom stereocenters. The van der Waals surface area contributed by atoms with Crippen LogP contribution in [0.2, 0.25) is 0 Å². The van der Waals surface area contributed by atoms with E-state index in [1.807, 2.05) is 0 Å². The maximum atomic E-state index is 12.1. The molecule has 0 radical (unpaired) electrons. The Balaban J connectivity index is 2.75. The highest BCUT2D eigenvalue weighted by Crippen LogP contribution is 2.19. The van der Waals surface area contributed by atoms with E-state index >= 15 is 0 Å². The number of ether oxygens (including phenoxy) is 2. The van der Waals surface area contributed by atoms with Crippen molar-refractivity contribution in [3.05, 3.63) is 23.8 Å². The van der Waals surface area contributed by atoms with Gasteiger partial charge in [-0.3, -0.25) is 4.79 Å². The van der Waals surface area contributed by atoms with Crippen LogP contribution in [0.3, 0.4) is 0 Å². The molecule has 0 aliphatic rings. The normalized spacial score (nSPS) is 11.7. The van der Waals surface area contributed by atoms with Crippen molar-refractivity contribution in [2.45, 2.75) is 18.9 Å². The Morgan fingerprint density at radius 2 is 2.10 bits per heavy atom. The maximum Gasteiger partial charge on any atom is 0.326 e. The number of amides is 1. The van der Waals surface area contributed by atoms with Crippen LogP contribution >= 0.6 is 0 Å². The molecule has 0 saturated carbocycles. The van der Waals surface area contributed by atoms with Crippen molar-refractivity contribution >= 4 is 17.6 Å². The molecule has 0 saturated heterocycles. The molecular formula is C14H20N2O5. The van der Waals surface area contributed by atoms with E-state index in [1.165, 1.54) is 26.4 Å². The maximum absolute atomic E-state index is 12.1. The van der Waals surface area contributed by atoms with E-state index in [2.05, 4.69) is 5.32 Å². The van der Waals surface area contributed by atoms with Crippen LogP contribution < -0.4 is 15.8 Å². The number of benzene rings is 1. The second kappa shape index (κ2) is 8.11. The summed E-state index contributed by atoms with van der Waals surface area (Å²) in [6.07, 6.45) is 0.816. The Bertz CT molecular complexity index is 504. The highest BCUT2D eigenvalue weighted by atomic mass is 16.5. The lowest BCUT2D eigenvalue weighted by atomic mass is 10.1. The quantitative estimate of drug-likeness (QED) is 0.485. The fourth-order valence-corrected chi connectivity index (χ4v) is 1.80. The van der Waals surface area contributed by atoms with Gasteiger partial charge in [-0.1, -0.05) is 0 Å². The number of hydrogen-bond acceptors (Lipinski definition) is 5. The van der Waals surface area contributed by atoms with E-state index in [0.29, 0.717) is 18.8 Å². The molecule has 7 heteroatoms. The van der Waals surface area contributed by atoms with Crippen molar-refractivity contribution in [2.75, 3.05) is 26.6 Å². The van der Waals surface area contributed by atoms with Gasteiger partial charge in [0.05, 0.1) is 12.7 Å². The monoisotopic (exact) mass is 296 g/mol. The first-order valence-electron chi connectivity index (χ1n) is 6.45. The SMILES string of the molecule is COCCCC(NC(=O)c1ccc(OC)cc1N)C(=O)O. The predicted octanol–water partition coefficient (Wildman–Crippen LogP) is 0.887. The first kappa shape index (κ1) is 16.8. The van der Waals surface area contributed by atoms with Gasteiger partial charge < -0.3 is 25.6 Å². The third-order valence-corrected chi connectivity index (χ3v) is 2.95. The number of carbonyl (C=O) groups is 2. The van der Waals surface area contributed by atoms with Crippen molar-refractivity contribution in [2.24, 2.45) is 0 Å². The fraction of sp³-hybridized carbons (Fsp3) is 0.429. The van der Waals surface area contributed by atoms with Crippen molar-refractivity contribution in [3.8, 4) is 5.75 Å². The number of nitrogens with two attached hydrogens (primary N) is 1. The topological polar surface area (TPSA) is 111 Å². The van der Waals surface area contributed by atoms with Gasteiger partial charge in [0.25, 0.3) is 5.91 Å². The molecule has 1 amide bonds. The van der Waals surface area contributed by atoms with Crippen LogP contribution in [-0.4, -0.2) is 43.9 Å². The first-order chi connectivity index (χ1) is 9.99. The third-order valence-electron chi connectivity index (χ3n) is 2.95. The molecule has 0 fully saturated rings. The molecule has 0 aliphatic heterocycles. The zero-order valence-electron chi connectivity index (χ0n) is 12.1. The largest absolute Gasteiger partial charge is 0.497 e. The Morgan fingerprint density at radius 1 is 1.38 bits per heavy atom. The molecule has 0 aliphatic carbocycles. The molecule has 1 rings (SSSR count). The number of aliphatic carboxylic acids is 1. The number of carboxylic acids is 1. The molecule has 0 heterocycles. The Kier molecular flexibility index (Phi) is 6.48. The summed E-state index contributed by atoms with van der Waals surface area (Å²) in [4.78, 5) is 23.2. The van der Waals surface area contributed by atoms with Crippen LogP contribution in [0.4, 0.5) is 5.69 Å². The van der Waals surface area contributed by atoms with Gasteiger partial charge in [0.15, 0.2) is 0 Å².